The summed E-state index contributed by atoms with van der Waals surface area (Å²) in [5.74, 6) is 2.60. The fourth-order valence-electron chi connectivity index (χ4n) is 7.72. The van der Waals surface area contributed by atoms with E-state index in [9.17, 15) is 9.59 Å². The van der Waals surface area contributed by atoms with Crippen LogP contribution in [0.15, 0.2) is 72.9 Å². The summed E-state index contributed by atoms with van der Waals surface area (Å²) in [5, 5.41) is 3.55. The molecule has 4 heterocycles. The van der Waals surface area contributed by atoms with E-state index >= 15 is 0 Å². The number of nitrogens with zero attached hydrogens (tertiary/aromatic N) is 4. The van der Waals surface area contributed by atoms with E-state index in [4.69, 9.17) is 9.72 Å². The molecule has 0 bridgehead atoms. The molecule has 7 rings (SSSR count). The van der Waals surface area contributed by atoms with Gasteiger partial charge in [-0.1, -0.05) is 82.3 Å². The Bertz CT molecular complexity index is 1980. The second-order valence-corrected chi connectivity index (χ2v) is 14.6. The molecule has 3 N–H and O–H groups in total. The smallest absolute Gasteiger partial charge is 0.409 e. The Morgan fingerprint density at radius 1 is 0.860 bits per heavy atom. The highest BCUT2D eigenvalue weighted by Gasteiger charge is 2.42. The van der Waals surface area contributed by atoms with Gasteiger partial charge in [0.25, 0.3) is 0 Å². The van der Waals surface area contributed by atoms with Crippen molar-refractivity contribution in [3.05, 3.63) is 84.6 Å². The van der Waals surface area contributed by atoms with E-state index in [1.165, 1.54) is 12.0 Å². The van der Waals surface area contributed by atoms with Crippen molar-refractivity contribution in [2.45, 2.75) is 58.7 Å². The normalized spacial score (nSPS) is 21.2. The lowest BCUT2D eigenvalue weighted by molar-refractivity contribution is -0.138. The summed E-state index contributed by atoms with van der Waals surface area (Å²) < 4.78 is 4.93. The molecule has 3 aromatic carbocycles. The predicted octanol–water partition coefficient (Wildman–Crippen LogP) is 7.59. The zero-order valence-electron chi connectivity index (χ0n) is 29.7. The number of amides is 2. The number of likely N-dealkylation sites (tertiary alicyclic amines) is 1. The third-order valence-electron chi connectivity index (χ3n) is 10.4. The molecule has 2 fully saturated rings. The van der Waals surface area contributed by atoms with Crippen molar-refractivity contribution in [2.24, 2.45) is 17.8 Å². The van der Waals surface area contributed by atoms with Gasteiger partial charge in [-0.3, -0.25) is 9.69 Å². The van der Waals surface area contributed by atoms with Crippen LogP contribution in [0.5, 0.6) is 0 Å². The lowest BCUT2D eigenvalue weighted by Crippen LogP contribution is -2.52. The molecule has 2 amide bonds. The number of fused-ring (bicyclic) bond motifs is 1. The minimum Gasteiger partial charge on any atom is -0.453 e. The number of ether oxygens (including phenoxy) is 1. The molecular weight excluding hydrogens is 626 g/mol. The molecule has 2 aromatic heterocycles. The number of methoxy groups -OCH3 is 1. The van der Waals surface area contributed by atoms with Crippen LogP contribution >= 0.6 is 0 Å². The molecule has 2 saturated heterocycles. The number of benzene rings is 3. The number of carbonyl (C=O) groups is 2. The molecule has 2 aliphatic heterocycles. The van der Waals surface area contributed by atoms with Gasteiger partial charge >= 0.3 is 6.09 Å². The third kappa shape index (κ3) is 6.52. The van der Waals surface area contributed by atoms with Crippen molar-refractivity contribution in [2.75, 3.05) is 27.2 Å². The highest BCUT2D eigenvalue weighted by atomic mass is 16.5. The van der Waals surface area contributed by atoms with Crippen molar-refractivity contribution in [3.8, 4) is 33.5 Å². The zero-order chi connectivity index (χ0) is 35.1. The summed E-state index contributed by atoms with van der Waals surface area (Å²) in [6.07, 6.45) is 3.32. The van der Waals surface area contributed by atoms with Gasteiger partial charge in [0.05, 0.1) is 42.1 Å². The van der Waals surface area contributed by atoms with Gasteiger partial charge < -0.3 is 24.9 Å². The molecule has 0 spiro atoms. The minimum atomic E-state index is -0.625. The van der Waals surface area contributed by atoms with E-state index in [0.29, 0.717) is 24.4 Å². The lowest BCUT2D eigenvalue weighted by Gasteiger charge is -2.34. The first-order valence-corrected chi connectivity index (χ1v) is 17.7. The van der Waals surface area contributed by atoms with Crippen LogP contribution < -0.4 is 5.32 Å². The highest BCUT2D eigenvalue weighted by molar-refractivity contribution is 5.87. The lowest BCUT2D eigenvalue weighted by atomic mass is 9.99. The van der Waals surface area contributed by atoms with E-state index in [-0.39, 0.29) is 17.9 Å². The van der Waals surface area contributed by atoms with Gasteiger partial charge in [-0.05, 0) is 77.1 Å². The Kier molecular flexibility index (Phi) is 9.22. The summed E-state index contributed by atoms with van der Waals surface area (Å²) in [6, 6.07) is 23.0. The summed E-state index contributed by atoms with van der Waals surface area (Å²) in [6.45, 7) is 9.97. The van der Waals surface area contributed by atoms with Crippen molar-refractivity contribution >= 4 is 23.0 Å². The third-order valence-corrected chi connectivity index (χ3v) is 10.4. The number of aromatic amines is 2. The standard InChI is InChI=1S/C40H47N7O3/c1-23(2)36(46(5)40(49)50-6)39(48)47-22-25(4)18-35(47)38-43-31-16-15-30(19-32(31)44-38)28-9-7-26(8-10-28)27-11-13-29(14-12-27)34-21-42-37(45-34)33-17-24(3)20-41-33/h7-16,19,21,23-25,33,35-36,41H,17-18,20,22H2,1-6H3,(H,42,45)(H,43,44)/t24-,25-,33-,35-,36?/m0/s1. The molecule has 0 saturated carbocycles. The van der Waals surface area contributed by atoms with Crippen LogP contribution in [0.4, 0.5) is 4.79 Å². The van der Waals surface area contributed by atoms with E-state index in [1.54, 1.807) is 7.05 Å². The number of hydrogen-bond donors (Lipinski definition) is 3. The molecule has 2 aliphatic rings. The van der Waals surface area contributed by atoms with Gasteiger partial charge in [0.1, 0.15) is 17.7 Å². The number of nitrogens with one attached hydrogen (secondary N) is 3. The first-order chi connectivity index (χ1) is 24.1. The van der Waals surface area contributed by atoms with Gasteiger partial charge in [-0.2, -0.15) is 0 Å². The van der Waals surface area contributed by atoms with Gasteiger partial charge in [0.2, 0.25) is 5.91 Å². The Hall–Kier alpha value is -4.96. The number of likely N-dealkylation sites (N-methyl/N-ethyl adjacent to an activating group) is 1. The average molecular weight is 674 g/mol. The Balaban J connectivity index is 1.06. The van der Waals surface area contributed by atoms with Crippen LogP contribution in [0, 0.1) is 17.8 Å². The zero-order valence-corrected chi connectivity index (χ0v) is 29.7. The van der Waals surface area contributed by atoms with E-state index in [2.05, 4.69) is 94.8 Å². The Morgan fingerprint density at radius 2 is 1.50 bits per heavy atom. The van der Waals surface area contributed by atoms with Crippen LogP contribution in [0.1, 0.15) is 64.3 Å². The van der Waals surface area contributed by atoms with Crippen molar-refractivity contribution < 1.29 is 14.3 Å². The molecule has 5 atom stereocenters. The molecule has 1 unspecified atom stereocenters. The van der Waals surface area contributed by atoms with Crippen molar-refractivity contribution in [1.29, 1.82) is 0 Å². The monoisotopic (exact) mass is 673 g/mol. The number of imidazole rings is 2. The molecule has 10 heteroatoms. The van der Waals surface area contributed by atoms with E-state index in [1.807, 2.05) is 31.0 Å². The summed E-state index contributed by atoms with van der Waals surface area (Å²) in [5.41, 5.74) is 8.45. The first kappa shape index (κ1) is 33.5. The predicted molar refractivity (Wildman–Crippen MR) is 196 cm³/mol. The summed E-state index contributed by atoms with van der Waals surface area (Å²) >= 11 is 0. The maximum atomic E-state index is 13.9. The molecular formula is C40H47N7O3. The fraction of sp³-hybridized carbons (Fsp3) is 0.400. The molecule has 10 nitrogen and oxygen atoms in total. The van der Waals surface area contributed by atoms with Gasteiger partial charge in [0.15, 0.2) is 0 Å². The topological polar surface area (TPSA) is 119 Å². The van der Waals surface area contributed by atoms with Crippen molar-refractivity contribution in [3.63, 3.8) is 0 Å². The Morgan fingerprint density at radius 3 is 2.12 bits per heavy atom. The molecule has 260 valence electrons. The van der Waals surface area contributed by atoms with Crippen LogP contribution in [0.3, 0.4) is 0 Å². The molecule has 0 radical (unpaired) electrons. The first-order valence-electron chi connectivity index (χ1n) is 17.7. The maximum Gasteiger partial charge on any atom is 0.409 e. The highest BCUT2D eigenvalue weighted by Crippen LogP contribution is 2.37. The molecule has 5 aromatic rings. The summed E-state index contributed by atoms with van der Waals surface area (Å²) in [7, 11) is 2.96. The second-order valence-electron chi connectivity index (χ2n) is 14.6. The number of H-pyrrole nitrogens is 2. The summed E-state index contributed by atoms with van der Waals surface area (Å²) in [4.78, 5) is 46.2. The largest absolute Gasteiger partial charge is 0.453 e. The number of aromatic nitrogens is 4. The van der Waals surface area contributed by atoms with E-state index < -0.39 is 12.1 Å². The van der Waals surface area contributed by atoms with Gasteiger partial charge in [-0.15, -0.1) is 0 Å². The van der Waals surface area contributed by atoms with Crippen molar-refractivity contribution in [1.82, 2.24) is 35.1 Å². The Labute approximate surface area is 293 Å². The molecule has 50 heavy (non-hydrogen) atoms. The van der Waals surface area contributed by atoms with Crippen LogP contribution in [-0.2, 0) is 9.53 Å². The van der Waals surface area contributed by atoms with E-state index in [0.717, 1.165) is 75.6 Å². The second kappa shape index (κ2) is 13.7. The SMILES string of the molecule is COC(=O)N(C)C(C(=O)N1C[C@@H](C)C[C@H]1c1nc2ccc(-c3ccc(-c4ccc(-c5cnc([C@@H]6C[C@H](C)CN6)[nH]5)cc4)cc3)cc2[nH]1)C(C)C. The van der Waals surface area contributed by atoms with Gasteiger partial charge in [-0.25, -0.2) is 14.8 Å². The van der Waals surface area contributed by atoms with Crippen LogP contribution in [-0.4, -0.2) is 75.0 Å². The van der Waals surface area contributed by atoms with Crippen LogP contribution in [0.2, 0.25) is 0 Å². The maximum absolute atomic E-state index is 13.9. The average Bonchev–Trinajstić information content (AvgIpc) is 3.94. The van der Waals surface area contributed by atoms with Crippen LogP contribution in [0.25, 0.3) is 44.5 Å². The molecule has 0 aliphatic carbocycles. The minimum absolute atomic E-state index is 0.0780. The van der Waals surface area contributed by atoms with Gasteiger partial charge in [0, 0.05) is 13.6 Å². The number of rotatable bonds is 8. The quantitative estimate of drug-likeness (QED) is 0.156. The number of carbonyl (C=O) groups excluding carboxylic acids is 2. The fourth-order valence-corrected chi connectivity index (χ4v) is 7.72. The number of hydrogen-bond acceptors (Lipinski definition) is 6.